The molecule has 0 aliphatic heterocycles. The molecule has 0 radical (unpaired) electrons. The first-order chi connectivity index (χ1) is 14.9. The number of carbonyl (C=O) groups is 1. The van der Waals surface area contributed by atoms with E-state index in [1.54, 1.807) is 12.1 Å². The van der Waals surface area contributed by atoms with Gasteiger partial charge in [0.05, 0.1) is 5.69 Å². The van der Waals surface area contributed by atoms with Crippen molar-refractivity contribution in [3.05, 3.63) is 90.5 Å². The molecule has 0 heterocycles. The van der Waals surface area contributed by atoms with Gasteiger partial charge < -0.3 is 4.90 Å². The molecule has 0 saturated carbocycles. The highest BCUT2D eigenvalue weighted by Gasteiger charge is 2.15. The van der Waals surface area contributed by atoms with Crippen LogP contribution in [0.2, 0.25) is 0 Å². The van der Waals surface area contributed by atoms with Crippen LogP contribution in [-0.2, 0) is 11.2 Å². The Labute approximate surface area is 182 Å². The van der Waals surface area contributed by atoms with E-state index in [1.165, 1.54) is 50.1 Å². The summed E-state index contributed by atoms with van der Waals surface area (Å²) in [6, 6.07) is 17.5. The Balaban J connectivity index is 1.81. The standard InChI is InChI=1S/C27H27F2NO/c1-4-6-7-8-19-9-11-20(12-10-19)21-13-15-23(24(28)17-21)22-14-16-26(25(29)18-22)30(3)27(31)5-2/h5,9-18H,2,4,6-8H2,1,3H3. The number of hydrogen-bond acceptors (Lipinski definition) is 1. The van der Waals surface area contributed by atoms with Crippen molar-refractivity contribution in [2.24, 2.45) is 0 Å². The fourth-order valence-electron chi connectivity index (χ4n) is 3.57. The summed E-state index contributed by atoms with van der Waals surface area (Å²) >= 11 is 0. The molecule has 0 aliphatic rings. The van der Waals surface area contributed by atoms with Gasteiger partial charge in [-0.1, -0.05) is 68.8 Å². The maximum atomic E-state index is 14.9. The number of nitrogens with zero attached hydrogens (tertiary/aromatic N) is 1. The molecule has 160 valence electrons. The van der Waals surface area contributed by atoms with E-state index < -0.39 is 17.5 Å². The molecular weight excluding hydrogens is 392 g/mol. The minimum Gasteiger partial charge on any atom is -0.309 e. The van der Waals surface area contributed by atoms with Crippen molar-refractivity contribution in [3.63, 3.8) is 0 Å². The van der Waals surface area contributed by atoms with Gasteiger partial charge in [-0.05, 0) is 59.4 Å². The predicted octanol–water partition coefficient (Wildman–Crippen LogP) is 7.18. The Morgan fingerprint density at radius 2 is 1.55 bits per heavy atom. The van der Waals surface area contributed by atoms with E-state index in [0.717, 1.165) is 28.5 Å². The zero-order valence-electron chi connectivity index (χ0n) is 18.0. The van der Waals surface area contributed by atoms with Gasteiger partial charge in [0.15, 0.2) is 0 Å². The van der Waals surface area contributed by atoms with E-state index in [-0.39, 0.29) is 5.69 Å². The van der Waals surface area contributed by atoms with Gasteiger partial charge in [0.25, 0.3) is 0 Å². The Morgan fingerprint density at radius 1 is 0.903 bits per heavy atom. The summed E-state index contributed by atoms with van der Waals surface area (Å²) in [6.07, 6.45) is 5.75. The van der Waals surface area contributed by atoms with Crippen LogP contribution in [0, 0.1) is 11.6 Å². The second-order valence-electron chi connectivity index (χ2n) is 7.62. The maximum Gasteiger partial charge on any atom is 0.250 e. The maximum absolute atomic E-state index is 14.9. The molecule has 2 nitrogen and oxygen atoms in total. The Morgan fingerprint density at radius 3 is 2.16 bits per heavy atom. The predicted molar refractivity (Wildman–Crippen MR) is 124 cm³/mol. The lowest BCUT2D eigenvalue weighted by Crippen LogP contribution is -2.24. The van der Waals surface area contributed by atoms with Gasteiger partial charge in [0.1, 0.15) is 11.6 Å². The monoisotopic (exact) mass is 419 g/mol. The largest absolute Gasteiger partial charge is 0.309 e. The first-order valence-electron chi connectivity index (χ1n) is 10.5. The fourth-order valence-corrected chi connectivity index (χ4v) is 3.57. The molecule has 3 aromatic carbocycles. The average molecular weight is 420 g/mol. The van der Waals surface area contributed by atoms with Crippen molar-refractivity contribution in [1.29, 1.82) is 0 Å². The van der Waals surface area contributed by atoms with Gasteiger partial charge in [0.2, 0.25) is 5.91 Å². The summed E-state index contributed by atoms with van der Waals surface area (Å²) in [4.78, 5) is 12.9. The first kappa shape index (κ1) is 22.4. The Kier molecular flexibility index (Phi) is 7.35. The van der Waals surface area contributed by atoms with Gasteiger partial charge in [-0.25, -0.2) is 8.78 Å². The number of likely N-dealkylation sites (N-methyl/N-ethyl adjacent to an activating group) is 1. The van der Waals surface area contributed by atoms with Gasteiger partial charge in [-0.2, -0.15) is 0 Å². The van der Waals surface area contributed by atoms with Gasteiger partial charge in [-0.15, -0.1) is 0 Å². The molecule has 4 heteroatoms. The van der Waals surface area contributed by atoms with Gasteiger partial charge in [-0.3, -0.25) is 4.79 Å². The number of anilines is 1. The topological polar surface area (TPSA) is 20.3 Å². The van der Waals surface area contributed by atoms with Crippen LogP contribution in [0.4, 0.5) is 14.5 Å². The van der Waals surface area contributed by atoms with Crippen LogP contribution in [0.3, 0.4) is 0 Å². The van der Waals surface area contributed by atoms with Crippen LogP contribution in [0.1, 0.15) is 31.7 Å². The molecule has 0 fully saturated rings. The van der Waals surface area contributed by atoms with Gasteiger partial charge >= 0.3 is 0 Å². The molecule has 0 bridgehead atoms. The van der Waals surface area contributed by atoms with E-state index in [0.29, 0.717) is 11.1 Å². The average Bonchev–Trinajstić information content (AvgIpc) is 2.78. The van der Waals surface area contributed by atoms with Crippen LogP contribution in [0.25, 0.3) is 22.3 Å². The molecule has 3 rings (SSSR count). The second kappa shape index (κ2) is 10.2. The summed E-state index contributed by atoms with van der Waals surface area (Å²) in [6.45, 7) is 5.59. The zero-order valence-corrected chi connectivity index (χ0v) is 18.0. The highest BCUT2D eigenvalue weighted by molar-refractivity contribution is 6.00. The first-order valence-corrected chi connectivity index (χ1v) is 10.5. The van der Waals surface area contributed by atoms with Crippen molar-refractivity contribution in [2.75, 3.05) is 11.9 Å². The number of unbranched alkanes of at least 4 members (excludes halogenated alkanes) is 2. The number of rotatable bonds is 8. The number of amides is 1. The SMILES string of the molecule is C=CC(=O)N(C)c1ccc(-c2ccc(-c3ccc(CCCCC)cc3)cc2F)cc1F. The third-order valence-electron chi connectivity index (χ3n) is 5.45. The lowest BCUT2D eigenvalue weighted by Gasteiger charge is -2.17. The number of carbonyl (C=O) groups excluding carboxylic acids is 1. The minimum atomic E-state index is -0.600. The lowest BCUT2D eigenvalue weighted by molar-refractivity contribution is -0.113. The van der Waals surface area contributed by atoms with Gasteiger partial charge in [0, 0.05) is 12.6 Å². The van der Waals surface area contributed by atoms with E-state index in [1.807, 2.05) is 18.2 Å². The van der Waals surface area contributed by atoms with E-state index in [2.05, 4.69) is 25.6 Å². The Hall–Kier alpha value is -3.27. The summed E-state index contributed by atoms with van der Waals surface area (Å²) in [5, 5.41) is 0. The zero-order chi connectivity index (χ0) is 22.4. The summed E-state index contributed by atoms with van der Waals surface area (Å²) < 4.78 is 29.4. The van der Waals surface area contributed by atoms with E-state index >= 15 is 0 Å². The smallest absolute Gasteiger partial charge is 0.250 e. The van der Waals surface area contributed by atoms with Crippen LogP contribution >= 0.6 is 0 Å². The highest BCUT2D eigenvalue weighted by Crippen LogP contribution is 2.31. The molecule has 1 amide bonds. The normalized spacial score (nSPS) is 10.7. The fraction of sp³-hybridized carbons (Fsp3) is 0.222. The molecular formula is C27H27F2NO. The molecule has 31 heavy (non-hydrogen) atoms. The van der Waals surface area contributed by atoms with Crippen LogP contribution in [-0.4, -0.2) is 13.0 Å². The summed E-state index contributed by atoms with van der Waals surface area (Å²) in [5.74, 6) is -1.44. The molecule has 0 unspecified atom stereocenters. The van der Waals surface area contributed by atoms with Crippen molar-refractivity contribution < 1.29 is 13.6 Å². The van der Waals surface area contributed by atoms with Crippen molar-refractivity contribution in [3.8, 4) is 22.3 Å². The molecule has 0 spiro atoms. The van der Waals surface area contributed by atoms with Crippen LogP contribution in [0.5, 0.6) is 0 Å². The van der Waals surface area contributed by atoms with Crippen molar-refractivity contribution in [2.45, 2.75) is 32.6 Å². The Bertz CT molecular complexity index is 1070. The lowest BCUT2D eigenvalue weighted by atomic mass is 9.98. The number of hydrogen-bond donors (Lipinski definition) is 0. The third-order valence-corrected chi connectivity index (χ3v) is 5.45. The molecule has 0 atom stereocenters. The number of aryl methyl sites for hydroxylation is 1. The van der Waals surface area contributed by atoms with E-state index in [4.69, 9.17) is 0 Å². The number of benzene rings is 3. The molecule has 0 aliphatic carbocycles. The highest BCUT2D eigenvalue weighted by atomic mass is 19.1. The molecule has 0 aromatic heterocycles. The van der Waals surface area contributed by atoms with Crippen molar-refractivity contribution >= 4 is 11.6 Å². The van der Waals surface area contributed by atoms with Crippen molar-refractivity contribution in [1.82, 2.24) is 0 Å². The van der Waals surface area contributed by atoms with E-state index in [9.17, 15) is 13.6 Å². The van der Waals surface area contributed by atoms with Crippen LogP contribution < -0.4 is 4.90 Å². The number of halogens is 2. The minimum absolute atomic E-state index is 0.115. The second-order valence-corrected chi connectivity index (χ2v) is 7.62. The molecule has 3 aromatic rings. The quantitative estimate of drug-likeness (QED) is 0.280. The van der Waals surface area contributed by atoms with Crippen LogP contribution in [0.15, 0.2) is 73.3 Å². The third kappa shape index (κ3) is 5.26. The summed E-state index contributed by atoms with van der Waals surface area (Å²) in [7, 11) is 1.46. The summed E-state index contributed by atoms with van der Waals surface area (Å²) in [5.41, 5.74) is 3.83. The molecule has 0 N–H and O–H groups in total. The molecule has 0 saturated heterocycles.